The zero-order valence-corrected chi connectivity index (χ0v) is 14.1. The first kappa shape index (κ1) is 17.9. The van der Waals surface area contributed by atoms with Gasteiger partial charge in [-0.1, -0.05) is 53.6 Å². The largest absolute Gasteiger partial charge is 0.349 e. The Hall–Kier alpha value is -2.46. The van der Waals surface area contributed by atoms with Gasteiger partial charge in [-0.3, -0.25) is 14.4 Å². The third kappa shape index (κ3) is 5.32. The molecule has 2 rings (SSSR count). The quantitative estimate of drug-likeness (QED) is 0.781. The number of carbonyl (C=O) groups is 3. The zero-order valence-electron chi connectivity index (χ0n) is 13.3. The Morgan fingerprint density at radius 3 is 2.29 bits per heavy atom. The Kier molecular flexibility index (Phi) is 6.27. The molecule has 0 fully saturated rings. The monoisotopic (exact) mass is 343 g/mol. The lowest BCUT2D eigenvalue weighted by Gasteiger charge is -2.05. The second-order valence-electron chi connectivity index (χ2n) is 5.50. The average molecular weight is 344 g/mol. The summed E-state index contributed by atoms with van der Waals surface area (Å²) in [5.41, 5.74) is 2.10. The minimum absolute atomic E-state index is 0.0511. The fourth-order valence-corrected chi connectivity index (χ4v) is 2.33. The summed E-state index contributed by atoms with van der Waals surface area (Å²) in [4.78, 5) is 35.7. The Bertz CT molecular complexity index is 753. The van der Waals surface area contributed by atoms with Crippen LogP contribution in [0.3, 0.4) is 0 Å². The number of hydrogen-bond donors (Lipinski definition) is 1. The van der Waals surface area contributed by atoms with Gasteiger partial charge in [0.2, 0.25) is 5.91 Å². The van der Waals surface area contributed by atoms with Crippen molar-refractivity contribution in [3.63, 3.8) is 0 Å². The molecule has 0 saturated heterocycles. The average Bonchev–Trinajstić information content (AvgIpc) is 2.58. The molecule has 0 spiro atoms. The van der Waals surface area contributed by atoms with Crippen molar-refractivity contribution in [1.29, 1.82) is 0 Å². The summed E-state index contributed by atoms with van der Waals surface area (Å²) in [6.45, 7) is 1.83. The lowest BCUT2D eigenvalue weighted by atomic mass is 10.0. The minimum Gasteiger partial charge on any atom is -0.349 e. The Labute approximate surface area is 145 Å². The summed E-state index contributed by atoms with van der Waals surface area (Å²) in [6.07, 6.45) is 0.162. The number of nitrogens with one attached hydrogen (secondary N) is 1. The molecule has 2 aromatic rings. The molecule has 0 unspecified atom stereocenters. The Morgan fingerprint density at radius 1 is 0.917 bits per heavy atom. The van der Waals surface area contributed by atoms with Crippen molar-refractivity contribution in [2.75, 3.05) is 6.54 Å². The van der Waals surface area contributed by atoms with Crippen LogP contribution in [0.15, 0.2) is 48.5 Å². The van der Waals surface area contributed by atoms with E-state index in [9.17, 15) is 14.4 Å². The maximum Gasteiger partial charge on any atom is 0.220 e. The summed E-state index contributed by atoms with van der Waals surface area (Å²) in [5.74, 6) is -0.645. The van der Waals surface area contributed by atoms with Gasteiger partial charge in [0.1, 0.15) is 0 Å². The summed E-state index contributed by atoms with van der Waals surface area (Å²) in [7, 11) is 0. The van der Waals surface area contributed by atoms with E-state index in [1.54, 1.807) is 36.4 Å². The van der Waals surface area contributed by atoms with E-state index in [2.05, 4.69) is 5.32 Å². The van der Waals surface area contributed by atoms with Crippen LogP contribution in [0, 0.1) is 6.92 Å². The van der Waals surface area contributed by atoms with Gasteiger partial charge in [-0.25, -0.2) is 0 Å². The van der Waals surface area contributed by atoms with Crippen molar-refractivity contribution >= 4 is 29.1 Å². The molecule has 1 amide bonds. The number of ketones is 2. The molecule has 5 heteroatoms. The molecule has 24 heavy (non-hydrogen) atoms. The lowest BCUT2D eigenvalue weighted by molar-refractivity contribution is -0.120. The van der Waals surface area contributed by atoms with Crippen LogP contribution in [-0.4, -0.2) is 24.0 Å². The minimum atomic E-state index is -0.328. The number of rotatable bonds is 7. The molecular weight excluding hydrogens is 326 g/mol. The second kappa shape index (κ2) is 8.41. The van der Waals surface area contributed by atoms with Crippen molar-refractivity contribution in [1.82, 2.24) is 5.32 Å². The van der Waals surface area contributed by atoms with Crippen molar-refractivity contribution in [2.24, 2.45) is 0 Å². The van der Waals surface area contributed by atoms with Gasteiger partial charge in [0.25, 0.3) is 0 Å². The van der Waals surface area contributed by atoms with Gasteiger partial charge in [0, 0.05) is 29.0 Å². The number of Topliss-reactive ketones (excluding diaryl/α,β-unsaturated/α-hetero) is 2. The van der Waals surface area contributed by atoms with Crippen LogP contribution in [0.1, 0.15) is 39.1 Å². The van der Waals surface area contributed by atoms with Gasteiger partial charge < -0.3 is 5.32 Å². The van der Waals surface area contributed by atoms with E-state index in [0.717, 1.165) is 5.56 Å². The van der Waals surface area contributed by atoms with Gasteiger partial charge in [-0.2, -0.15) is 0 Å². The summed E-state index contributed by atoms with van der Waals surface area (Å²) < 4.78 is 0. The number of amides is 1. The van der Waals surface area contributed by atoms with Crippen LogP contribution in [0.25, 0.3) is 0 Å². The van der Waals surface area contributed by atoms with Gasteiger partial charge in [-0.15, -0.1) is 0 Å². The van der Waals surface area contributed by atoms with Crippen molar-refractivity contribution in [3.8, 4) is 0 Å². The van der Waals surface area contributed by atoms with Crippen LogP contribution in [0.5, 0.6) is 0 Å². The normalized spacial score (nSPS) is 10.2. The Balaban J connectivity index is 1.78. The summed E-state index contributed by atoms with van der Waals surface area (Å²) in [5, 5.41) is 3.00. The smallest absolute Gasteiger partial charge is 0.220 e. The molecular formula is C19H18ClNO3. The molecule has 1 N–H and O–H groups in total. The van der Waals surface area contributed by atoms with Crippen molar-refractivity contribution in [2.45, 2.75) is 19.8 Å². The van der Waals surface area contributed by atoms with Gasteiger partial charge in [0.05, 0.1) is 6.54 Å². The molecule has 0 saturated carbocycles. The number of benzene rings is 2. The molecule has 0 aliphatic rings. The van der Waals surface area contributed by atoms with Crippen LogP contribution in [0.4, 0.5) is 0 Å². The maximum atomic E-state index is 12.0. The van der Waals surface area contributed by atoms with E-state index in [-0.39, 0.29) is 36.9 Å². The van der Waals surface area contributed by atoms with Gasteiger partial charge in [-0.05, 0) is 19.1 Å². The SMILES string of the molecule is Cc1ccc(C(=O)CCC(=O)NCC(=O)c2cccc(Cl)c2)cc1. The number of carbonyl (C=O) groups excluding carboxylic acids is 3. The third-order valence-electron chi connectivity index (χ3n) is 3.55. The molecule has 2 aromatic carbocycles. The van der Waals surface area contributed by atoms with Crippen LogP contribution >= 0.6 is 11.6 Å². The van der Waals surface area contributed by atoms with E-state index in [1.807, 2.05) is 19.1 Å². The highest BCUT2D eigenvalue weighted by molar-refractivity contribution is 6.31. The summed E-state index contributed by atoms with van der Waals surface area (Å²) >= 11 is 5.83. The van der Waals surface area contributed by atoms with E-state index in [1.165, 1.54) is 0 Å². The number of hydrogen-bond acceptors (Lipinski definition) is 3. The van der Waals surface area contributed by atoms with Crippen molar-refractivity contribution < 1.29 is 14.4 Å². The molecule has 0 atom stereocenters. The zero-order chi connectivity index (χ0) is 17.5. The standard InChI is InChI=1S/C19H18ClNO3/c1-13-5-7-14(8-6-13)17(22)9-10-19(24)21-12-18(23)15-3-2-4-16(20)11-15/h2-8,11H,9-10,12H2,1H3,(H,21,24). The first-order valence-electron chi connectivity index (χ1n) is 7.61. The molecule has 0 aliphatic carbocycles. The number of halogens is 1. The first-order valence-corrected chi connectivity index (χ1v) is 7.99. The molecule has 4 nitrogen and oxygen atoms in total. The van der Waals surface area contributed by atoms with E-state index in [0.29, 0.717) is 16.1 Å². The van der Waals surface area contributed by atoms with Gasteiger partial charge in [0.15, 0.2) is 11.6 Å². The van der Waals surface area contributed by atoms with Crippen LogP contribution in [0.2, 0.25) is 5.02 Å². The molecule has 0 heterocycles. The molecule has 124 valence electrons. The van der Waals surface area contributed by atoms with Crippen molar-refractivity contribution in [3.05, 3.63) is 70.2 Å². The highest BCUT2D eigenvalue weighted by atomic mass is 35.5. The second-order valence-corrected chi connectivity index (χ2v) is 5.94. The molecule has 0 aromatic heterocycles. The molecule has 0 aliphatic heterocycles. The van der Waals surface area contributed by atoms with Gasteiger partial charge >= 0.3 is 0 Å². The number of aryl methyl sites for hydroxylation is 1. The van der Waals surface area contributed by atoms with E-state index >= 15 is 0 Å². The highest BCUT2D eigenvalue weighted by Crippen LogP contribution is 2.11. The fraction of sp³-hybridized carbons (Fsp3) is 0.211. The summed E-state index contributed by atoms with van der Waals surface area (Å²) in [6, 6.07) is 13.8. The van der Waals surface area contributed by atoms with E-state index in [4.69, 9.17) is 11.6 Å². The van der Waals surface area contributed by atoms with Crippen LogP contribution in [-0.2, 0) is 4.79 Å². The predicted molar refractivity (Wildman–Crippen MR) is 93.5 cm³/mol. The van der Waals surface area contributed by atoms with Crippen LogP contribution < -0.4 is 5.32 Å². The Morgan fingerprint density at radius 2 is 1.62 bits per heavy atom. The third-order valence-corrected chi connectivity index (χ3v) is 3.78. The lowest BCUT2D eigenvalue weighted by Crippen LogP contribution is -2.29. The molecule has 0 radical (unpaired) electrons. The predicted octanol–water partition coefficient (Wildman–Crippen LogP) is 3.61. The topological polar surface area (TPSA) is 63.2 Å². The first-order chi connectivity index (χ1) is 11.5. The highest BCUT2D eigenvalue weighted by Gasteiger charge is 2.11. The van der Waals surface area contributed by atoms with E-state index < -0.39 is 0 Å². The fourth-order valence-electron chi connectivity index (χ4n) is 2.14. The maximum absolute atomic E-state index is 12.0. The molecule has 0 bridgehead atoms.